The molecule has 2 rings (SSSR count). The molecule has 1 amide bonds. The molecule has 0 bridgehead atoms. The van der Waals surface area contributed by atoms with Crippen molar-refractivity contribution in [3.63, 3.8) is 0 Å². The number of carbonyl (C=O) groups is 1. The summed E-state index contributed by atoms with van der Waals surface area (Å²) in [6.07, 6.45) is 4.50. The molecule has 1 aliphatic heterocycles. The van der Waals surface area contributed by atoms with Crippen molar-refractivity contribution in [3.8, 4) is 0 Å². The molecule has 0 saturated carbocycles. The van der Waals surface area contributed by atoms with Crippen molar-refractivity contribution >= 4 is 27.5 Å². The van der Waals surface area contributed by atoms with E-state index in [0.717, 1.165) is 24.0 Å². The first-order valence-corrected chi connectivity index (χ1v) is 6.06. The van der Waals surface area contributed by atoms with E-state index in [4.69, 9.17) is 0 Å². The van der Waals surface area contributed by atoms with Crippen LogP contribution in [0.25, 0.3) is 0 Å². The normalized spacial score (nSPS) is 15.8. The number of halogens is 1. The van der Waals surface area contributed by atoms with E-state index in [1.54, 1.807) is 11.0 Å². The standard InChI is InChI=1S/C12H12BrNO/c13-9-10-4-6-11(7-5-10)14-8-2-1-3-12(14)15/h1,3-7H,2,8-9H2. The van der Waals surface area contributed by atoms with Gasteiger partial charge in [0.2, 0.25) is 0 Å². The Hall–Kier alpha value is -1.09. The fraction of sp³-hybridized carbons (Fsp3) is 0.250. The molecule has 1 aliphatic rings. The number of carbonyl (C=O) groups excluding carboxylic acids is 1. The van der Waals surface area contributed by atoms with Gasteiger partial charge in [0.1, 0.15) is 0 Å². The zero-order valence-electron chi connectivity index (χ0n) is 8.32. The van der Waals surface area contributed by atoms with Gasteiger partial charge >= 0.3 is 0 Å². The SMILES string of the molecule is O=C1C=CCCN1c1ccc(CBr)cc1. The smallest absolute Gasteiger partial charge is 0.250 e. The second-order valence-electron chi connectivity index (χ2n) is 3.48. The minimum absolute atomic E-state index is 0.0767. The number of rotatable bonds is 2. The van der Waals surface area contributed by atoms with E-state index in [-0.39, 0.29) is 5.91 Å². The van der Waals surface area contributed by atoms with Crippen LogP contribution in [-0.2, 0) is 10.1 Å². The van der Waals surface area contributed by atoms with Crippen LogP contribution in [0, 0.1) is 0 Å². The molecule has 0 aromatic heterocycles. The zero-order chi connectivity index (χ0) is 10.7. The molecule has 1 aromatic carbocycles. The average molecular weight is 266 g/mol. The van der Waals surface area contributed by atoms with Gasteiger partial charge in [-0.1, -0.05) is 34.1 Å². The summed E-state index contributed by atoms with van der Waals surface area (Å²) in [4.78, 5) is 13.4. The van der Waals surface area contributed by atoms with Crippen molar-refractivity contribution in [3.05, 3.63) is 42.0 Å². The van der Waals surface area contributed by atoms with Crippen molar-refractivity contribution in [2.75, 3.05) is 11.4 Å². The third kappa shape index (κ3) is 2.29. The number of alkyl halides is 1. The van der Waals surface area contributed by atoms with Crippen LogP contribution in [0.5, 0.6) is 0 Å². The first-order chi connectivity index (χ1) is 7.31. The Morgan fingerprint density at radius 2 is 2.00 bits per heavy atom. The second kappa shape index (κ2) is 4.62. The molecule has 0 N–H and O–H groups in total. The van der Waals surface area contributed by atoms with E-state index in [2.05, 4.69) is 15.9 Å². The Balaban J connectivity index is 2.22. The third-order valence-electron chi connectivity index (χ3n) is 2.45. The quantitative estimate of drug-likeness (QED) is 0.754. The van der Waals surface area contributed by atoms with E-state index < -0.39 is 0 Å². The number of nitrogens with zero attached hydrogens (tertiary/aromatic N) is 1. The van der Waals surface area contributed by atoms with Gasteiger partial charge < -0.3 is 4.90 Å². The molecule has 2 nitrogen and oxygen atoms in total. The van der Waals surface area contributed by atoms with E-state index in [0.29, 0.717) is 0 Å². The molecule has 3 heteroatoms. The first-order valence-electron chi connectivity index (χ1n) is 4.94. The Labute approximate surface area is 97.7 Å². The highest BCUT2D eigenvalue weighted by atomic mass is 79.9. The highest BCUT2D eigenvalue weighted by molar-refractivity contribution is 9.08. The maximum absolute atomic E-state index is 11.6. The summed E-state index contributed by atoms with van der Waals surface area (Å²) in [5.41, 5.74) is 2.20. The first kappa shape index (κ1) is 10.4. The Morgan fingerprint density at radius 1 is 1.27 bits per heavy atom. The van der Waals surface area contributed by atoms with E-state index >= 15 is 0 Å². The van der Waals surface area contributed by atoms with Crippen LogP contribution in [0.4, 0.5) is 5.69 Å². The molecule has 0 atom stereocenters. The van der Waals surface area contributed by atoms with Crippen LogP contribution in [0.3, 0.4) is 0 Å². The van der Waals surface area contributed by atoms with Gasteiger partial charge in [-0.15, -0.1) is 0 Å². The summed E-state index contributed by atoms with van der Waals surface area (Å²) in [6.45, 7) is 0.781. The van der Waals surface area contributed by atoms with Crippen LogP contribution >= 0.6 is 15.9 Å². The minimum atomic E-state index is 0.0767. The predicted octanol–water partition coefficient (Wildman–Crippen LogP) is 2.87. The molecule has 0 unspecified atom stereocenters. The highest BCUT2D eigenvalue weighted by Crippen LogP contribution is 2.19. The number of amides is 1. The van der Waals surface area contributed by atoms with Crippen LogP contribution in [0.15, 0.2) is 36.4 Å². The predicted molar refractivity (Wildman–Crippen MR) is 65.2 cm³/mol. The largest absolute Gasteiger partial charge is 0.309 e. The van der Waals surface area contributed by atoms with Crippen molar-refractivity contribution < 1.29 is 4.79 Å². The summed E-state index contributed by atoms with van der Waals surface area (Å²) in [5, 5.41) is 0.848. The number of benzene rings is 1. The molecule has 15 heavy (non-hydrogen) atoms. The van der Waals surface area contributed by atoms with Gasteiger partial charge in [-0.2, -0.15) is 0 Å². The fourth-order valence-corrected chi connectivity index (χ4v) is 1.98. The lowest BCUT2D eigenvalue weighted by Gasteiger charge is -2.23. The Morgan fingerprint density at radius 3 is 2.60 bits per heavy atom. The summed E-state index contributed by atoms with van der Waals surface area (Å²) in [7, 11) is 0. The lowest BCUT2D eigenvalue weighted by molar-refractivity contribution is -0.114. The van der Waals surface area contributed by atoms with Gasteiger partial charge in [-0.3, -0.25) is 4.79 Å². The molecule has 0 spiro atoms. The van der Waals surface area contributed by atoms with Crippen LogP contribution in [-0.4, -0.2) is 12.5 Å². The summed E-state index contributed by atoms with van der Waals surface area (Å²) >= 11 is 3.40. The van der Waals surface area contributed by atoms with Crippen molar-refractivity contribution in [1.29, 1.82) is 0 Å². The van der Waals surface area contributed by atoms with E-state index in [1.807, 2.05) is 30.3 Å². The number of anilines is 1. The maximum atomic E-state index is 11.6. The van der Waals surface area contributed by atoms with Crippen molar-refractivity contribution in [2.24, 2.45) is 0 Å². The summed E-state index contributed by atoms with van der Waals surface area (Å²) in [5.74, 6) is 0.0767. The monoisotopic (exact) mass is 265 g/mol. The third-order valence-corrected chi connectivity index (χ3v) is 3.10. The molecule has 0 saturated heterocycles. The van der Waals surface area contributed by atoms with Crippen LogP contribution in [0.2, 0.25) is 0 Å². The van der Waals surface area contributed by atoms with Crippen LogP contribution in [0.1, 0.15) is 12.0 Å². The number of hydrogen-bond acceptors (Lipinski definition) is 1. The average Bonchev–Trinajstić information content (AvgIpc) is 2.30. The minimum Gasteiger partial charge on any atom is -0.309 e. The lowest BCUT2D eigenvalue weighted by atomic mass is 10.2. The summed E-state index contributed by atoms with van der Waals surface area (Å²) in [6, 6.07) is 8.06. The van der Waals surface area contributed by atoms with Crippen molar-refractivity contribution in [2.45, 2.75) is 11.8 Å². The number of hydrogen-bond donors (Lipinski definition) is 0. The van der Waals surface area contributed by atoms with Gasteiger partial charge in [0.25, 0.3) is 5.91 Å². The van der Waals surface area contributed by atoms with E-state index in [9.17, 15) is 4.79 Å². The molecular weight excluding hydrogens is 254 g/mol. The van der Waals surface area contributed by atoms with Gasteiger partial charge in [-0.25, -0.2) is 0 Å². The summed E-state index contributed by atoms with van der Waals surface area (Å²) < 4.78 is 0. The molecule has 78 valence electrons. The maximum Gasteiger partial charge on any atom is 0.250 e. The molecule has 0 radical (unpaired) electrons. The van der Waals surface area contributed by atoms with Gasteiger partial charge in [0, 0.05) is 17.6 Å². The van der Waals surface area contributed by atoms with Crippen LogP contribution < -0.4 is 4.90 Å². The zero-order valence-corrected chi connectivity index (χ0v) is 9.90. The van der Waals surface area contributed by atoms with E-state index in [1.165, 1.54) is 5.56 Å². The molecule has 1 aromatic rings. The molecule has 0 fully saturated rings. The molecule has 0 aliphatic carbocycles. The molecule has 1 heterocycles. The fourth-order valence-electron chi connectivity index (χ4n) is 1.61. The topological polar surface area (TPSA) is 20.3 Å². The Bertz CT molecular complexity index is 383. The lowest BCUT2D eigenvalue weighted by Crippen LogP contribution is -2.32. The van der Waals surface area contributed by atoms with Gasteiger partial charge in [0.15, 0.2) is 0 Å². The van der Waals surface area contributed by atoms with Gasteiger partial charge in [0.05, 0.1) is 0 Å². The highest BCUT2D eigenvalue weighted by Gasteiger charge is 2.14. The Kier molecular flexibility index (Phi) is 3.21. The van der Waals surface area contributed by atoms with Crippen molar-refractivity contribution in [1.82, 2.24) is 0 Å². The molecular formula is C12H12BrNO. The van der Waals surface area contributed by atoms with Gasteiger partial charge in [-0.05, 0) is 30.2 Å². The second-order valence-corrected chi connectivity index (χ2v) is 4.04.